The highest BCUT2D eigenvalue weighted by Crippen LogP contribution is 2.49. The third-order valence-corrected chi connectivity index (χ3v) is 5.55. The first-order valence-corrected chi connectivity index (χ1v) is 10.6. The first kappa shape index (κ1) is 23.6. The van der Waals surface area contributed by atoms with Crippen LogP contribution in [-0.4, -0.2) is 53.4 Å². The zero-order chi connectivity index (χ0) is 23.6. The van der Waals surface area contributed by atoms with Crippen LogP contribution in [0.4, 0.5) is 0 Å². The molecule has 1 unspecified atom stereocenters. The Morgan fingerprint density at radius 1 is 1.22 bits per heavy atom. The van der Waals surface area contributed by atoms with Crippen molar-refractivity contribution >= 4 is 11.8 Å². The Kier molecular flexibility index (Phi) is 6.80. The number of phenolic OH excluding ortho intramolecular Hbond substituents is 3. The Morgan fingerprint density at radius 3 is 2.47 bits per heavy atom. The molecule has 1 atom stereocenters. The monoisotopic (exact) mass is 446 g/mol. The molecule has 1 aromatic carbocycles. The van der Waals surface area contributed by atoms with Gasteiger partial charge in [-0.05, 0) is 36.5 Å². The number of esters is 1. The van der Waals surface area contributed by atoms with Gasteiger partial charge in [0.25, 0.3) is 0 Å². The number of nitrogens with two attached hydrogens (primary N) is 1. The summed E-state index contributed by atoms with van der Waals surface area (Å²) in [5.74, 6) is -3.51. The van der Waals surface area contributed by atoms with Crippen molar-refractivity contribution in [1.29, 1.82) is 0 Å². The Morgan fingerprint density at radius 2 is 1.88 bits per heavy atom. The predicted octanol–water partition coefficient (Wildman–Crippen LogP) is 1.93. The van der Waals surface area contributed by atoms with E-state index in [2.05, 4.69) is 5.32 Å². The molecule has 1 aliphatic heterocycles. The lowest BCUT2D eigenvalue weighted by atomic mass is 9.68. The van der Waals surface area contributed by atoms with Crippen LogP contribution in [0.15, 0.2) is 34.7 Å². The number of ether oxygens (including phenoxy) is 2. The molecule has 0 radical (unpaired) electrons. The molecule has 9 nitrogen and oxygen atoms in total. The second kappa shape index (κ2) is 9.22. The van der Waals surface area contributed by atoms with Crippen LogP contribution in [-0.2, 0) is 19.1 Å². The second-order valence-electron chi connectivity index (χ2n) is 8.75. The standard InChI is InChI=1S/C23H30N2O7/c1-4-32-22(30)20-14(11-31-6-5-24)25-13-9-23(2,3)10-17(28)19(13)18(20)12-7-15(26)21(29)16(27)8-12/h7-8,18,25-27,29H,4-6,9-11,24H2,1-3H3. The third-order valence-electron chi connectivity index (χ3n) is 5.55. The van der Waals surface area contributed by atoms with Crippen LogP contribution in [0.5, 0.6) is 17.2 Å². The van der Waals surface area contributed by atoms with Gasteiger partial charge in [-0.3, -0.25) is 4.79 Å². The zero-order valence-electron chi connectivity index (χ0n) is 18.5. The molecule has 174 valence electrons. The molecule has 1 aliphatic carbocycles. The van der Waals surface area contributed by atoms with E-state index in [1.165, 1.54) is 12.1 Å². The fraction of sp³-hybridized carbons (Fsp3) is 0.478. The fourth-order valence-corrected chi connectivity index (χ4v) is 4.30. The van der Waals surface area contributed by atoms with E-state index in [-0.39, 0.29) is 48.6 Å². The molecule has 6 N–H and O–H groups in total. The van der Waals surface area contributed by atoms with Crippen molar-refractivity contribution in [3.8, 4) is 17.2 Å². The van der Waals surface area contributed by atoms with Crippen molar-refractivity contribution in [2.45, 2.75) is 39.5 Å². The van der Waals surface area contributed by atoms with Gasteiger partial charge in [-0.25, -0.2) is 4.79 Å². The number of allylic oxidation sites excluding steroid dienone is 2. The topological polar surface area (TPSA) is 151 Å². The Bertz CT molecular complexity index is 971. The summed E-state index contributed by atoms with van der Waals surface area (Å²) in [7, 11) is 0. The van der Waals surface area contributed by atoms with Gasteiger partial charge in [-0.15, -0.1) is 0 Å². The van der Waals surface area contributed by atoms with Crippen molar-refractivity contribution < 1.29 is 34.4 Å². The maximum atomic E-state index is 13.3. The number of rotatable bonds is 7. The number of carbonyl (C=O) groups excluding carboxylic acids is 2. The summed E-state index contributed by atoms with van der Waals surface area (Å²) in [6.07, 6.45) is 0.826. The SMILES string of the molecule is CCOC(=O)C1=C(COCCN)NC2=C(C(=O)CC(C)(C)C2)C1c1cc(O)c(O)c(O)c1. The van der Waals surface area contributed by atoms with Crippen LogP contribution in [0.2, 0.25) is 0 Å². The second-order valence-corrected chi connectivity index (χ2v) is 8.75. The number of hydrogen-bond acceptors (Lipinski definition) is 9. The highest BCUT2D eigenvalue weighted by Gasteiger charge is 2.44. The quantitative estimate of drug-likeness (QED) is 0.240. The number of Topliss-reactive ketones (excluding diaryl/α,β-unsaturated/α-hetero) is 1. The summed E-state index contributed by atoms with van der Waals surface area (Å²) in [6, 6.07) is 2.47. The van der Waals surface area contributed by atoms with Gasteiger partial charge in [0, 0.05) is 30.2 Å². The molecule has 0 fully saturated rings. The number of hydrogen-bond donors (Lipinski definition) is 5. The Labute approximate surface area is 186 Å². The number of aromatic hydroxyl groups is 3. The molecular weight excluding hydrogens is 416 g/mol. The van der Waals surface area contributed by atoms with Crippen LogP contribution in [0.25, 0.3) is 0 Å². The van der Waals surface area contributed by atoms with Crippen molar-refractivity contribution in [1.82, 2.24) is 5.32 Å². The number of nitrogens with one attached hydrogen (secondary N) is 1. The molecular formula is C23H30N2O7. The summed E-state index contributed by atoms with van der Waals surface area (Å²) in [5.41, 5.74) is 7.12. The average molecular weight is 447 g/mol. The maximum Gasteiger partial charge on any atom is 0.336 e. The van der Waals surface area contributed by atoms with Crippen molar-refractivity contribution in [2.24, 2.45) is 11.1 Å². The molecule has 9 heteroatoms. The number of benzene rings is 1. The van der Waals surface area contributed by atoms with Gasteiger partial charge in [0.05, 0.1) is 31.1 Å². The van der Waals surface area contributed by atoms with E-state index in [0.717, 1.165) is 0 Å². The summed E-state index contributed by atoms with van der Waals surface area (Å²) in [5, 5.41) is 33.3. The first-order chi connectivity index (χ1) is 15.1. The highest BCUT2D eigenvalue weighted by molar-refractivity contribution is 6.04. The average Bonchev–Trinajstić information content (AvgIpc) is 2.70. The molecule has 3 rings (SSSR count). The van der Waals surface area contributed by atoms with Gasteiger partial charge >= 0.3 is 5.97 Å². The molecule has 0 bridgehead atoms. The van der Waals surface area contributed by atoms with Gasteiger partial charge in [0.1, 0.15) is 0 Å². The predicted molar refractivity (Wildman–Crippen MR) is 116 cm³/mol. The van der Waals surface area contributed by atoms with Crippen LogP contribution < -0.4 is 11.1 Å². The number of phenols is 3. The van der Waals surface area contributed by atoms with E-state index < -0.39 is 29.1 Å². The van der Waals surface area contributed by atoms with E-state index in [0.29, 0.717) is 29.9 Å². The molecule has 2 aliphatic rings. The minimum Gasteiger partial charge on any atom is -0.504 e. The fourth-order valence-electron chi connectivity index (χ4n) is 4.30. The lowest BCUT2D eigenvalue weighted by Gasteiger charge is -2.40. The molecule has 1 heterocycles. The summed E-state index contributed by atoms with van der Waals surface area (Å²) < 4.78 is 10.9. The van der Waals surface area contributed by atoms with Crippen LogP contribution in [0.1, 0.15) is 45.1 Å². The zero-order valence-corrected chi connectivity index (χ0v) is 18.5. The Balaban J connectivity index is 2.24. The minimum absolute atomic E-state index is 0.0310. The van der Waals surface area contributed by atoms with E-state index in [1.807, 2.05) is 13.8 Å². The number of dihydropyridines is 1. The van der Waals surface area contributed by atoms with Crippen LogP contribution in [0, 0.1) is 5.41 Å². The van der Waals surface area contributed by atoms with E-state index in [4.69, 9.17) is 15.2 Å². The summed E-state index contributed by atoms with van der Waals surface area (Å²) in [4.78, 5) is 26.3. The maximum absolute atomic E-state index is 13.3. The molecule has 0 aromatic heterocycles. The van der Waals surface area contributed by atoms with E-state index >= 15 is 0 Å². The molecule has 0 spiro atoms. The van der Waals surface area contributed by atoms with Crippen LogP contribution >= 0.6 is 0 Å². The molecule has 0 saturated heterocycles. The van der Waals surface area contributed by atoms with Crippen molar-refractivity contribution in [3.05, 3.63) is 40.2 Å². The van der Waals surface area contributed by atoms with Gasteiger partial charge in [-0.1, -0.05) is 13.8 Å². The number of carbonyl (C=O) groups is 2. The molecule has 1 aromatic rings. The molecule has 0 amide bonds. The lowest BCUT2D eigenvalue weighted by Crippen LogP contribution is -2.40. The van der Waals surface area contributed by atoms with Gasteiger partial charge in [0.2, 0.25) is 0 Å². The number of ketones is 1. The van der Waals surface area contributed by atoms with Gasteiger partial charge < -0.3 is 35.8 Å². The van der Waals surface area contributed by atoms with Crippen molar-refractivity contribution in [3.63, 3.8) is 0 Å². The highest BCUT2D eigenvalue weighted by atomic mass is 16.5. The smallest absolute Gasteiger partial charge is 0.336 e. The summed E-state index contributed by atoms with van der Waals surface area (Å²) in [6.45, 7) is 6.35. The lowest BCUT2D eigenvalue weighted by molar-refractivity contribution is -0.139. The van der Waals surface area contributed by atoms with E-state index in [9.17, 15) is 24.9 Å². The van der Waals surface area contributed by atoms with Gasteiger partial charge in [-0.2, -0.15) is 0 Å². The normalized spacial score (nSPS) is 20.1. The molecule has 32 heavy (non-hydrogen) atoms. The van der Waals surface area contributed by atoms with Gasteiger partial charge in [0.15, 0.2) is 23.0 Å². The van der Waals surface area contributed by atoms with Crippen LogP contribution in [0.3, 0.4) is 0 Å². The largest absolute Gasteiger partial charge is 0.504 e. The van der Waals surface area contributed by atoms with E-state index in [1.54, 1.807) is 6.92 Å². The minimum atomic E-state index is -0.914. The van der Waals surface area contributed by atoms with Crippen molar-refractivity contribution in [2.75, 3.05) is 26.4 Å². The third kappa shape index (κ3) is 4.58. The summed E-state index contributed by atoms with van der Waals surface area (Å²) >= 11 is 0. The Hall–Kier alpha value is -3.04. The first-order valence-electron chi connectivity index (χ1n) is 10.6. The molecule has 0 saturated carbocycles.